The van der Waals surface area contributed by atoms with E-state index >= 15 is 0 Å². The number of nitrogens with one attached hydrogen (secondary N) is 2. The number of nitrogen functional groups attached to an aromatic ring is 1. The fourth-order valence-corrected chi connectivity index (χ4v) is 2.71. The van der Waals surface area contributed by atoms with Gasteiger partial charge < -0.3 is 10.7 Å². The van der Waals surface area contributed by atoms with Crippen molar-refractivity contribution in [2.75, 3.05) is 17.3 Å². The molecule has 0 saturated carbocycles. The summed E-state index contributed by atoms with van der Waals surface area (Å²) in [4.78, 5) is 9.88. The predicted octanol–water partition coefficient (Wildman–Crippen LogP) is 2.69. The van der Waals surface area contributed by atoms with E-state index in [9.17, 15) is 0 Å². The standard InChI is InChI=1S/C12H16ClN5S/c1-2-10-16-11(7-12(17-10)18-14)15-6-5-8-3-4-9(13)19-8/h3-4,7H,2,5-6,14H2,1H3,(H2,15,16,17,18). The van der Waals surface area contributed by atoms with Crippen LogP contribution in [0.5, 0.6) is 0 Å². The summed E-state index contributed by atoms with van der Waals surface area (Å²) in [5.74, 6) is 7.54. The molecule has 5 nitrogen and oxygen atoms in total. The summed E-state index contributed by atoms with van der Waals surface area (Å²) in [6.07, 6.45) is 1.68. The number of anilines is 2. The van der Waals surface area contributed by atoms with Gasteiger partial charge in [-0.05, 0) is 18.6 Å². The van der Waals surface area contributed by atoms with Gasteiger partial charge in [0.15, 0.2) is 0 Å². The average molecular weight is 298 g/mol. The Labute approximate surface area is 121 Å². The second-order valence-corrected chi connectivity index (χ2v) is 5.73. The van der Waals surface area contributed by atoms with E-state index < -0.39 is 0 Å². The van der Waals surface area contributed by atoms with Crippen LogP contribution < -0.4 is 16.6 Å². The van der Waals surface area contributed by atoms with Crippen LogP contribution in [-0.4, -0.2) is 16.5 Å². The third-order valence-electron chi connectivity index (χ3n) is 2.54. The Morgan fingerprint density at radius 1 is 1.32 bits per heavy atom. The highest BCUT2D eigenvalue weighted by molar-refractivity contribution is 7.16. The monoisotopic (exact) mass is 297 g/mol. The molecule has 0 fully saturated rings. The van der Waals surface area contributed by atoms with E-state index in [1.54, 1.807) is 17.4 Å². The van der Waals surface area contributed by atoms with Crippen LogP contribution in [0.1, 0.15) is 17.6 Å². The van der Waals surface area contributed by atoms with Crippen molar-refractivity contribution >= 4 is 34.6 Å². The number of halogens is 1. The van der Waals surface area contributed by atoms with Gasteiger partial charge in [0.25, 0.3) is 0 Å². The van der Waals surface area contributed by atoms with Crippen LogP contribution in [0.15, 0.2) is 18.2 Å². The minimum atomic E-state index is 0.619. The lowest BCUT2D eigenvalue weighted by molar-refractivity contribution is 0.926. The molecule has 0 aliphatic rings. The summed E-state index contributed by atoms with van der Waals surface area (Å²) in [5.41, 5.74) is 2.55. The number of hydrazine groups is 1. The SMILES string of the molecule is CCc1nc(NN)cc(NCCc2ccc(Cl)s2)n1. The maximum atomic E-state index is 5.89. The van der Waals surface area contributed by atoms with Crippen LogP contribution in [0, 0.1) is 0 Å². The molecule has 0 aliphatic heterocycles. The number of aromatic nitrogens is 2. The van der Waals surface area contributed by atoms with E-state index in [0.29, 0.717) is 5.82 Å². The summed E-state index contributed by atoms with van der Waals surface area (Å²) in [7, 11) is 0. The average Bonchev–Trinajstić information content (AvgIpc) is 2.84. The minimum absolute atomic E-state index is 0.619. The second-order valence-electron chi connectivity index (χ2n) is 3.94. The molecule has 19 heavy (non-hydrogen) atoms. The number of hydrogen-bond donors (Lipinski definition) is 3. The fraction of sp³-hybridized carbons (Fsp3) is 0.333. The zero-order valence-electron chi connectivity index (χ0n) is 10.6. The van der Waals surface area contributed by atoms with E-state index in [1.807, 2.05) is 19.1 Å². The van der Waals surface area contributed by atoms with Gasteiger partial charge >= 0.3 is 0 Å². The summed E-state index contributed by atoms with van der Waals surface area (Å²) in [6.45, 7) is 2.80. The van der Waals surface area contributed by atoms with E-state index in [4.69, 9.17) is 17.4 Å². The van der Waals surface area contributed by atoms with Crippen molar-refractivity contribution in [3.8, 4) is 0 Å². The zero-order valence-corrected chi connectivity index (χ0v) is 12.2. The molecule has 0 radical (unpaired) electrons. The maximum absolute atomic E-state index is 5.89. The Bertz CT molecular complexity index is 520. The molecule has 0 unspecified atom stereocenters. The Morgan fingerprint density at radius 2 is 2.11 bits per heavy atom. The summed E-state index contributed by atoms with van der Waals surface area (Å²) < 4.78 is 0.819. The number of rotatable bonds is 6. The van der Waals surface area contributed by atoms with E-state index in [0.717, 1.165) is 35.4 Å². The van der Waals surface area contributed by atoms with Crippen molar-refractivity contribution < 1.29 is 0 Å². The lowest BCUT2D eigenvalue weighted by Crippen LogP contribution is -2.13. The Morgan fingerprint density at radius 3 is 2.74 bits per heavy atom. The van der Waals surface area contributed by atoms with Crippen molar-refractivity contribution in [3.05, 3.63) is 33.2 Å². The minimum Gasteiger partial charge on any atom is -0.370 e. The van der Waals surface area contributed by atoms with Crippen LogP contribution >= 0.6 is 22.9 Å². The van der Waals surface area contributed by atoms with Gasteiger partial charge in [0, 0.05) is 23.9 Å². The molecule has 2 heterocycles. The topological polar surface area (TPSA) is 75.9 Å². The van der Waals surface area contributed by atoms with Crippen LogP contribution in [0.4, 0.5) is 11.6 Å². The molecular weight excluding hydrogens is 282 g/mol. The normalized spacial score (nSPS) is 10.5. The number of hydrogen-bond acceptors (Lipinski definition) is 6. The highest BCUT2D eigenvalue weighted by Crippen LogP contribution is 2.21. The van der Waals surface area contributed by atoms with Gasteiger partial charge in [0.05, 0.1) is 4.34 Å². The molecule has 2 rings (SSSR count). The Balaban J connectivity index is 1.95. The van der Waals surface area contributed by atoms with Gasteiger partial charge in [-0.2, -0.15) is 0 Å². The Kier molecular flexibility index (Phi) is 4.95. The fourth-order valence-electron chi connectivity index (χ4n) is 1.62. The number of aryl methyl sites for hydroxylation is 1. The van der Waals surface area contributed by atoms with Gasteiger partial charge in [-0.3, -0.25) is 0 Å². The molecule has 102 valence electrons. The largest absolute Gasteiger partial charge is 0.370 e. The van der Waals surface area contributed by atoms with Crippen molar-refractivity contribution in [3.63, 3.8) is 0 Å². The molecule has 0 aromatic carbocycles. The van der Waals surface area contributed by atoms with Crippen molar-refractivity contribution in [1.29, 1.82) is 0 Å². The molecule has 0 saturated heterocycles. The number of nitrogens with two attached hydrogens (primary N) is 1. The highest BCUT2D eigenvalue weighted by atomic mass is 35.5. The predicted molar refractivity (Wildman–Crippen MR) is 80.7 cm³/mol. The molecule has 0 spiro atoms. The summed E-state index contributed by atoms with van der Waals surface area (Å²) in [5, 5.41) is 3.27. The van der Waals surface area contributed by atoms with Gasteiger partial charge in [0.1, 0.15) is 17.5 Å². The van der Waals surface area contributed by atoms with Crippen LogP contribution in [0.2, 0.25) is 4.34 Å². The molecule has 2 aromatic rings. The second kappa shape index (κ2) is 6.70. The van der Waals surface area contributed by atoms with E-state index in [2.05, 4.69) is 20.7 Å². The van der Waals surface area contributed by atoms with Gasteiger partial charge in [-0.1, -0.05) is 18.5 Å². The lowest BCUT2D eigenvalue weighted by Gasteiger charge is -2.08. The molecule has 0 aliphatic carbocycles. The third-order valence-corrected chi connectivity index (χ3v) is 3.83. The number of nitrogens with zero attached hydrogens (tertiary/aromatic N) is 2. The summed E-state index contributed by atoms with van der Waals surface area (Å²) >= 11 is 7.49. The van der Waals surface area contributed by atoms with Crippen LogP contribution in [0.25, 0.3) is 0 Å². The Hall–Kier alpha value is -1.37. The van der Waals surface area contributed by atoms with E-state index in [1.165, 1.54) is 4.88 Å². The lowest BCUT2D eigenvalue weighted by atomic mass is 10.3. The highest BCUT2D eigenvalue weighted by Gasteiger charge is 2.03. The smallest absolute Gasteiger partial charge is 0.145 e. The van der Waals surface area contributed by atoms with E-state index in [-0.39, 0.29) is 0 Å². The molecule has 2 aromatic heterocycles. The van der Waals surface area contributed by atoms with Gasteiger partial charge in [-0.25, -0.2) is 15.8 Å². The first-order valence-electron chi connectivity index (χ1n) is 6.04. The first kappa shape index (κ1) is 14.0. The molecule has 4 N–H and O–H groups in total. The first-order valence-corrected chi connectivity index (χ1v) is 7.23. The number of thiophene rings is 1. The van der Waals surface area contributed by atoms with Crippen molar-refractivity contribution in [2.24, 2.45) is 5.84 Å². The van der Waals surface area contributed by atoms with Gasteiger partial charge in [0.2, 0.25) is 0 Å². The molecule has 0 amide bonds. The molecular formula is C12H16ClN5S. The van der Waals surface area contributed by atoms with Crippen LogP contribution in [0.3, 0.4) is 0 Å². The van der Waals surface area contributed by atoms with Crippen LogP contribution in [-0.2, 0) is 12.8 Å². The molecule has 0 bridgehead atoms. The van der Waals surface area contributed by atoms with Gasteiger partial charge in [-0.15, -0.1) is 11.3 Å². The van der Waals surface area contributed by atoms with Crippen molar-refractivity contribution in [1.82, 2.24) is 9.97 Å². The van der Waals surface area contributed by atoms with Crippen molar-refractivity contribution in [2.45, 2.75) is 19.8 Å². The molecule has 0 atom stereocenters. The maximum Gasteiger partial charge on any atom is 0.145 e. The summed E-state index contributed by atoms with van der Waals surface area (Å²) in [6, 6.07) is 5.75. The molecule has 7 heteroatoms. The zero-order chi connectivity index (χ0) is 13.7. The first-order chi connectivity index (χ1) is 9.21. The third kappa shape index (κ3) is 4.05. The quantitative estimate of drug-likeness (QED) is 0.564.